The molecule has 70 valence electrons. The molecule has 0 radical (unpaired) electrons. The number of nitrogens with zero attached hydrogens (tertiary/aromatic N) is 2. The number of hydrogen-bond donors (Lipinski definition) is 1. The number of rotatable bonds is 0. The largest absolute Gasteiger partial charge is 0.477 e. The minimum absolute atomic E-state index is 0.446. The Hall–Kier alpha value is -1.84. The molecule has 0 aromatic carbocycles. The van der Waals surface area contributed by atoms with Gasteiger partial charge in [-0.05, 0) is 6.07 Å². The Morgan fingerprint density at radius 3 is 3.29 bits per heavy atom. The predicted octanol–water partition coefficient (Wildman–Crippen LogP) is 1.15. The third-order valence-electron chi connectivity index (χ3n) is 2.45. The highest BCUT2D eigenvalue weighted by Gasteiger charge is 2.18. The Balaban J connectivity index is 2.47. The highest BCUT2D eigenvalue weighted by atomic mass is 16.5. The molecule has 0 unspecified atom stereocenters. The molecule has 0 saturated carbocycles. The van der Waals surface area contributed by atoms with Crippen molar-refractivity contribution in [3.05, 3.63) is 23.9 Å². The lowest BCUT2D eigenvalue weighted by Crippen LogP contribution is -1.96. The molecule has 3 rings (SSSR count). The Bertz CT molecular complexity index is 510. The normalized spacial score (nSPS) is 14.0. The quantitative estimate of drug-likeness (QED) is 0.672. The van der Waals surface area contributed by atoms with Gasteiger partial charge in [-0.3, -0.25) is 4.98 Å². The van der Waals surface area contributed by atoms with Crippen molar-refractivity contribution in [3.63, 3.8) is 0 Å². The van der Waals surface area contributed by atoms with Gasteiger partial charge in [0.05, 0.1) is 6.61 Å². The number of aromatic nitrogens is 2. The summed E-state index contributed by atoms with van der Waals surface area (Å²) < 4.78 is 5.37. The van der Waals surface area contributed by atoms with Gasteiger partial charge < -0.3 is 10.5 Å². The van der Waals surface area contributed by atoms with Gasteiger partial charge in [-0.1, -0.05) is 6.07 Å². The molecule has 0 saturated heterocycles. The van der Waals surface area contributed by atoms with E-state index in [1.807, 2.05) is 12.1 Å². The first-order valence-electron chi connectivity index (χ1n) is 4.52. The summed E-state index contributed by atoms with van der Waals surface area (Å²) in [6.45, 7) is 0.690. The number of anilines is 1. The lowest BCUT2D eigenvalue weighted by atomic mass is 10.1. The van der Waals surface area contributed by atoms with Crippen molar-refractivity contribution < 1.29 is 4.74 Å². The first kappa shape index (κ1) is 7.55. The summed E-state index contributed by atoms with van der Waals surface area (Å²) in [5.74, 6) is 1.12. The molecule has 14 heavy (non-hydrogen) atoms. The second-order valence-corrected chi connectivity index (χ2v) is 3.28. The van der Waals surface area contributed by atoms with Gasteiger partial charge >= 0.3 is 0 Å². The molecule has 0 spiro atoms. The van der Waals surface area contributed by atoms with E-state index in [9.17, 15) is 0 Å². The number of pyridine rings is 2. The fraction of sp³-hybridized carbons (Fsp3) is 0.200. The number of nitrogens with two attached hydrogens (primary N) is 1. The molecular weight excluding hydrogens is 178 g/mol. The van der Waals surface area contributed by atoms with Crippen LogP contribution in [0, 0.1) is 0 Å². The van der Waals surface area contributed by atoms with E-state index in [1.165, 1.54) is 0 Å². The maximum Gasteiger partial charge on any atom is 0.219 e. The zero-order valence-corrected chi connectivity index (χ0v) is 7.53. The number of nitrogen functional groups attached to an aromatic ring is 1. The zero-order valence-electron chi connectivity index (χ0n) is 7.53. The molecule has 1 aliphatic heterocycles. The van der Waals surface area contributed by atoms with Crippen molar-refractivity contribution in [2.75, 3.05) is 12.3 Å². The van der Waals surface area contributed by atoms with E-state index in [2.05, 4.69) is 9.97 Å². The van der Waals surface area contributed by atoms with Crippen LogP contribution in [0.5, 0.6) is 5.88 Å². The first-order chi connectivity index (χ1) is 6.86. The summed E-state index contributed by atoms with van der Waals surface area (Å²) in [7, 11) is 0. The second-order valence-electron chi connectivity index (χ2n) is 3.28. The van der Waals surface area contributed by atoms with Gasteiger partial charge in [0.15, 0.2) is 5.82 Å². The Kier molecular flexibility index (Phi) is 1.39. The van der Waals surface area contributed by atoms with Gasteiger partial charge in [-0.25, -0.2) is 0 Å². The Morgan fingerprint density at radius 2 is 2.36 bits per heavy atom. The van der Waals surface area contributed by atoms with Crippen molar-refractivity contribution in [3.8, 4) is 5.88 Å². The molecule has 4 nitrogen and oxygen atoms in total. The molecule has 0 amide bonds. The maximum absolute atomic E-state index is 5.78. The summed E-state index contributed by atoms with van der Waals surface area (Å²) in [4.78, 5) is 8.39. The van der Waals surface area contributed by atoms with Crippen molar-refractivity contribution in [2.45, 2.75) is 6.42 Å². The van der Waals surface area contributed by atoms with Crippen LogP contribution in [0.1, 0.15) is 5.56 Å². The van der Waals surface area contributed by atoms with Crippen LogP contribution in [-0.4, -0.2) is 16.6 Å². The second kappa shape index (κ2) is 2.57. The van der Waals surface area contributed by atoms with E-state index in [-0.39, 0.29) is 0 Å². The minimum Gasteiger partial charge on any atom is -0.477 e. The SMILES string of the molecule is Nc1nc2c(c3cccnc13)CCO2. The highest BCUT2D eigenvalue weighted by Crippen LogP contribution is 2.31. The summed E-state index contributed by atoms with van der Waals surface area (Å²) in [6.07, 6.45) is 2.62. The molecule has 3 heterocycles. The fourth-order valence-electron chi connectivity index (χ4n) is 1.81. The molecule has 4 heteroatoms. The maximum atomic E-state index is 5.78. The first-order valence-corrected chi connectivity index (χ1v) is 4.52. The minimum atomic E-state index is 0.446. The van der Waals surface area contributed by atoms with Gasteiger partial charge in [-0.15, -0.1) is 0 Å². The Morgan fingerprint density at radius 1 is 1.43 bits per heavy atom. The van der Waals surface area contributed by atoms with Crippen molar-refractivity contribution in [1.29, 1.82) is 0 Å². The number of fused-ring (bicyclic) bond motifs is 3. The molecular formula is C10H9N3O. The van der Waals surface area contributed by atoms with Crippen molar-refractivity contribution in [2.24, 2.45) is 0 Å². The van der Waals surface area contributed by atoms with Gasteiger partial charge in [-0.2, -0.15) is 4.98 Å². The predicted molar refractivity (Wildman–Crippen MR) is 53.1 cm³/mol. The van der Waals surface area contributed by atoms with Crippen molar-refractivity contribution >= 4 is 16.7 Å². The lowest BCUT2D eigenvalue weighted by Gasteiger charge is -2.04. The fourth-order valence-corrected chi connectivity index (χ4v) is 1.81. The molecule has 0 atom stereocenters. The topological polar surface area (TPSA) is 61.0 Å². The van der Waals surface area contributed by atoms with E-state index in [4.69, 9.17) is 10.5 Å². The van der Waals surface area contributed by atoms with Crippen LogP contribution in [0.25, 0.3) is 10.9 Å². The van der Waals surface area contributed by atoms with Gasteiger partial charge in [0, 0.05) is 23.6 Å². The monoisotopic (exact) mass is 187 g/mol. The molecule has 1 aliphatic rings. The van der Waals surface area contributed by atoms with E-state index >= 15 is 0 Å². The van der Waals surface area contributed by atoms with E-state index < -0.39 is 0 Å². The van der Waals surface area contributed by atoms with Crippen LogP contribution in [0.2, 0.25) is 0 Å². The standard InChI is InChI=1S/C10H9N3O/c11-9-8-6(2-1-4-12-8)7-3-5-14-10(7)13-9/h1-2,4H,3,5H2,(H2,11,13). The van der Waals surface area contributed by atoms with Crippen LogP contribution in [0.3, 0.4) is 0 Å². The van der Waals surface area contributed by atoms with E-state index in [1.54, 1.807) is 6.20 Å². The van der Waals surface area contributed by atoms with Crippen molar-refractivity contribution in [1.82, 2.24) is 9.97 Å². The highest BCUT2D eigenvalue weighted by molar-refractivity contribution is 5.91. The third-order valence-corrected chi connectivity index (χ3v) is 2.45. The summed E-state index contributed by atoms with van der Waals surface area (Å²) >= 11 is 0. The van der Waals surface area contributed by atoms with Crippen LogP contribution >= 0.6 is 0 Å². The molecule has 0 bridgehead atoms. The van der Waals surface area contributed by atoms with Crippen LogP contribution in [0.4, 0.5) is 5.82 Å². The van der Waals surface area contributed by atoms with E-state index in [0.717, 1.165) is 22.9 Å². The number of hydrogen-bond acceptors (Lipinski definition) is 4. The molecule has 2 N–H and O–H groups in total. The summed E-state index contributed by atoms with van der Waals surface area (Å²) in [5.41, 5.74) is 7.68. The summed E-state index contributed by atoms with van der Waals surface area (Å²) in [5, 5.41) is 1.06. The average molecular weight is 187 g/mol. The van der Waals surface area contributed by atoms with Gasteiger partial charge in [0.1, 0.15) is 5.52 Å². The number of ether oxygens (including phenoxy) is 1. The van der Waals surface area contributed by atoms with E-state index in [0.29, 0.717) is 18.3 Å². The van der Waals surface area contributed by atoms with Crippen LogP contribution in [-0.2, 0) is 6.42 Å². The summed E-state index contributed by atoms with van der Waals surface area (Å²) in [6, 6.07) is 3.91. The lowest BCUT2D eigenvalue weighted by molar-refractivity contribution is 0.345. The zero-order chi connectivity index (χ0) is 9.54. The Labute approximate surface area is 80.7 Å². The third kappa shape index (κ3) is 0.878. The molecule has 0 aliphatic carbocycles. The van der Waals surface area contributed by atoms with Crippen LogP contribution in [0.15, 0.2) is 18.3 Å². The smallest absolute Gasteiger partial charge is 0.219 e. The van der Waals surface area contributed by atoms with Gasteiger partial charge in [0.2, 0.25) is 5.88 Å². The molecule has 2 aromatic rings. The van der Waals surface area contributed by atoms with Gasteiger partial charge in [0.25, 0.3) is 0 Å². The molecule has 2 aromatic heterocycles. The van der Waals surface area contributed by atoms with Crippen LogP contribution < -0.4 is 10.5 Å². The average Bonchev–Trinajstić information content (AvgIpc) is 2.66. The molecule has 0 fully saturated rings.